The van der Waals surface area contributed by atoms with Crippen LogP contribution in [0.2, 0.25) is 0 Å². The van der Waals surface area contributed by atoms with Gasteiger partial charge in [0.25, 0.3) is 6.43 Å². The molecule has 0 heterocycles. The quantitative estimate of drug-likeness (QED) is 0.589. The smallest absolute Gasteiger partial charge is 0.206 e. The minimum absolute atomic E-state index is 0.137. The number of alkyl halides is 2. The summed E-state index contributed by atoms with van der Waals surface area (Å²) in [5.41, 5.74) is 2.10. The van der Waals surface area contributed by atoms with Gasteiger partial charge in [0.2, 0.25) is 0 Å². The van der Waals surface area contributed by atoms with E-state index in [-0.39, 0.29) is 16.5 Å². The molecule has 0 aliphatic heterocycles. The summed E-state index contributed by atoms with van der Waals surface area (Å²) in [6, 6.07) is 11.2. The van der Waals surface area contributed by atoms with Crippen LogP contribution in [0.5, 0.6) is 0 Å². The first kappa shape index (κ1) is 16.1. The first-order valence-electron chi connectivity index (χ1n) is 8.07. The van der Waals surface area contributed by atoms with Crippen molar-refractivity contribution >= 4 is 0 Å². The van der Waals surface area contributed by atoms with Gasteiger partial charge in [0.05, 0.1) is 0 Å². The summed E-state index contributed by atoms with van der Waals surface area (Å²) in [5, 5.41) is 0. The topological polar surface area (TPSA) is 0 Å². The van der Waals surface area contributed by atoms with Gasteiger partial charge in [-0.2, -0.15) is 0 Å². The Kier molecular flexibility index (Phi) is 4.22. The van der Waals surface area contributed by atoms with Gasteiger partial charge in [-0.1, -0.05) is 50.6 Å². The lowest BCUT2D eigenvalue weighted by atomic mass is 9.75. The molecule has 1 fully saturated rings. The van der Waals surface area contributed by atoms with E-state index in [2.05, 4.69) is 13.8 Å². The van der Waals surface area contributed by atoms with Gasteiger partial charge in [-0.3, -0.25) is 0 Å². The van der Waals surface area contributed by atoms with E-state index < -0.39 is 12.2 Å². The van der Waals surface area contributed by atoms with E-state index in [1.54, 1.807) is 0 Å². The Bertz CT molecular complexity index is 704. The first-order chi connectivity index (χ1) is 10.9. The Balaban J connectivity index is 2.13. The van der Waals surface area contributed by atoms with E-state index in [0.29, 0.717) is 5.92 Å². The minimum atomic E-state index is -2.59. The van der Waals surface area contributed by atoms with Crippen LogP contribution in [0.15, 0.2) is 42.5 Å². The van der Waals surface area contributed by atoms with Crippen molar-refractivity contribution in [3.05, 3.63) is 59.4 Å². The first-order valence-corrected chi connectivity index (χ1v) is 8.07. The Morgan fingerprint density at radius 1 is 1.04 bits per heavy atom. The second-order valence-corrected chi connectivity index (χ2v) is 7.06. The molecule has 0 N–H and O–H groups in total. The van der Waals surface area contributed by atoms with Gasteiger partial charge in [0.15, 0.2) is 0 Å². The van der Waals surface area contributed by atoms with Crippen LogP contribution >= 0.6 is 0 Å². The zero-order valence-electron chi connectivity index (χ0n) is 13.5. The SMILES string of the molecule is CC1(C)CCC[C@H]1c1ccccc1-c1cc(C(F)F)ccc1F. The van der Waals surface area contributed by atoms with Gasteiger partial charge in [0, 0.05) is 11.1 Å². The van der Waals surface area contributed by atoms with Crippen LogP contribution in [-0.2, 0) is 0 Å². The number of hydrogen-bond acceptors (Lipinski definition) is 0. The fourth-order valence-corrected chi connectivity index (χ4v) is 3.83. The predicted octanol–water partition coefficient (Wildman–Crippen LogP) is 6.72. The van der Waals surface area contributed by atoms with Gasteiger partial charge in [-0.25, -0.2) is 13.2 Å². The molecule has 1 aliphatic carbocycles. The highest BCUT2D eigenvalue weighted by Gasteiger charge is 2.36. The third-order valence-electron chi connectivity index (χ3n) is 5.13. The maximum Gasteiger partial charge on any atom is 0.263 e. The maximum absolute atomic E-state index is 14.3. The summed E-state index contributed by atoms with van der Waals surface area (Å²) in [6.07, 6.45) is 0.738. The zero-order valence-corrected chi connectivity index (χ0v) is 13.5. The Hall–Kier alpha value is -1.77. The van der Waals surface area contributed by atoms with Gasteiger partial charge in [0.1, 0.15) is 5.82 Å². The fraction of sp³-hybridized carbons (Fsp3) is 0.400. The predicted molar refractivity (Wildman–Crippen MR) is 87.2 cm³/mol. The lowest BCUT2D eigenvalue weighted by molar-refractivity contribution is 0.151. The maximum atomic E-state index is 14.3. The van der Waals surface area contributed by atoms with Crippen molar-refractivity contribution < 1.29 is 13.2 Å². The molecule has 0 spiro atoms. The molecule has 1 atom stereocenters. The molecule has 2 aromatic rings. The van der Waals surface area contributed by atoms with E-state index in [1.165, 1.54) is 6.07 Å². The molecule has 1 aliphatic rings. The van der Waals surface area contributed by atoms with Crippen molar-refractivity contribution in [2.75, 3.05) is 0 Å². The third kappa shape index (κ3) is 3.01. The van der Waals surface area contributed by atoms with E-state index >= 15 is 0 Å². The van der Waals surface area contributed by atoms with Crippen LogP contribution in [0.25, 0.3) is 11.1 Å². The minimum Gasteiger partial charge on any atom is -0.206 e. The van der Waals surface area contributed by atoms with Crippen LogP contribution in [0.3, 0.4) is 0 Å². The van der Waals surface area contributed by atoms with Crippen LogP contribution in [0.1, 0.15) is 56.6 Å². The fourth-order valence-electron chi connectivity index (χ4n) is 3.83. The highest BCUT2D eigenvalue weighted by molar-refractivity contribution is 5.69. The monoisotopic (exact) mass is 318 g/mol. The lowest BCUT2D eigenvalue weighted by Gasteiger charge is -2.29. The molecule has 3 rings (SSSR count). The van der Waals surface area contributed by atoms with Crippen molar-refractivity contribution in [3.63, 3.8) is 0 Å². The standard InChI is InChI=1S/C20H21F3/c1-20(2)11-5-8-17(20)15-7-4-3-6-14(15)16-12-13(19(22)23)9-10-18(16)21/h3-4,6-7,9-10,12,17,19H,5,8,11H2,1-2H3/t17-/m0/s1. The molecule has 0 unspecified atom stereocenters. The molecule has 0 amide bonds. The van der Waals surface area contributed by atoms with E-state index in [0.717, 1.165) is 42.5 Å². The molecule has 1 saturated carbocycles. The molecule has 0 nitrogen and oxygen atoms in total. The summed E-state index contributed by atoms with van der Waals surface area (Å²) >= 11 is 0. The molecule has 0 saturated heterocycles. The number of hydrogen-bond donors (Lipinski definition) is 0. The summed E-state index contributed by atoms with van der Waals surface area (Å²) in [4.78, 5) is 0. The molecule has 2 aromatic carbocycles. The average molecular weight is 318 g/mol. The largest absolute Gasteiger partial charge is 0.263 e. The summed E-state index contributed by atoms with van der Waals surface area (Å²) < 4.78 is 40.3. The molecule has 122 valence electrons. The van der Waals surface area contributed by atoms with Crippen LogP contribution < -0.4 is 0 Å². The summed E-state index contributed by atoms with van der Waals surface area (Å²) in [5.74, 6) is -0.119. The summed E-state index contributed by atoms with van der Waals surface area (Å²) in [6.45, 7) is 4.46. The van der Waals surface area contributed by atoms with Crippen molar-refractivity contribution in [2.45, 2.75) is 45.5 Å². The molecular formula is C20H21F3. The molecule has 0 aromatic heterocycles. The third-order valence-corrected chi connectivity index (χ3v) is 5.13. The van der Waals surface area contributed by atoms with Crippen molar-refractivity contribution in [1.82, 2.24) is 0 Å². The highest BCUT2D eigenvalue weighted by atomic mass is 19.3. The zero-order chi connectivity index (χ0) is 16.6. The van der Waals surface area contributed by atoms with Gasteiger partial charge < -0.3 is 0 Å². The Labute approximate surface area is 135 Å². The molecule has 0 bridgehead atoms. The van der Waals surface area contributed by atoms with E-state index in [1.807, 2.05) is 24.3 Å². The van der Waals surface area contributed by atoms with Gasteiger partial charge in [-0.05, 0) is 47.4 Å². The van der Waals surface area contributed by atoms with Gasteiger partial charge in [-0.15, -0.1) is 0 Å². The Morgan fingerprint density at radius 2 is 1.78 bits per heavy atom. The van der Waals surface area contributed by atoms with Crippen LogP contribution in [0, 0.1) is 11.2 Å². The van der Waals surface area contributed by atoms with Crippen molar-refractivity contribution in [3.8, 4) is 11.1 Å². The van der Waals surface area contributed by atoms with Gasteiger partial charge >= 0.3 is 0 Å². The number of rotatable bonds is 3. The van der Waals surface area contributed by atoms with E-state index in [9.17, 15) is 13.2 Å². The van der Waals surface area contributed by atoms with Crippen molar-refractivity contribution in [1.29, 1.82) is 0 Å². The highest BCUT2D eigenvalue weighted by Crippen LogP contribution is 2.51. The second kappa shape index (κ2) is 6.03. The number of halogens is 3. The van der Waals surface area contributed by atoms with Crippen LogP contribution in [-0.4, -0.2) is 0 Å². The second-order valence-electron chi connectivity index (χ2n) is 7.06. The molecule has 0 radical (unpaired) electrons. The molecule has 3 heteroatoms. The van der Waals surface area contributed by atoms with E-state index in [4.69, 9.17) is 0 Å². The lowest BCUT2D eigenvalue weighted by Crippen LogP contribution is -2.16. The molecular weight excluding hydrogens is 297 g/mol. The normalized spacial score (nSPS) is 20.2. The molecule has 23 heavy (non-hydrogen) atoms. The number of benzene rings is 2. The van der Waals surface area contributed by atoms with Crippen LogP contribution in [0.4, 0.5) is 13.2 Å². The average Bonchev–Trinajstić information content (AvgIpc) is 2.87. The van der Waals surface area contributed by atoms with Crippen molar-refractivity contribution in [2.24, 2.45) is 5.41 Å². The summed E-state index contributed by atoms with van der Waals surface area (Å²) in [7, 11) is 0. The Morgan fingerprint density at radius 3 is 2.43 bits per heavy atom.